The highest BCUT2D eigenvalue weighted by Gasteiger charge is 2.10. The first-order chi connectivity index (χ1) is 6.65. The maximum atomic E-state index is 4.13. The van der Waals surface area contributed by atoms with Crippen molar-refractivity contribution < 1.29 is 0 Å². The van der Waals surface area contributed by atoms with Crippen molar-refractivity contribution >= 4 is 0 Å². The van der Waals surface area contributed by atoms with Crippen LogP contribution in [0.2, 0.25) is 0 Å². The van der Waals surface area contributed by atoms with Crippen LogP contribution in [0.1, 0.15) is 46.0 Å². The second kappa shape index (κ2) is 7.81. The minimum atomic E-state index is 0.425. The van der Waals surface area contributed by atoms with Crippen LogP contribution in [0.25, 0.3) is 0 Å². The summed E-state index contributed by atoms with van der Waals surface area (Å²) in [6.07, 6.45) is 5.67. The average molecular weight is 195 g/mol. The van der Waals surface area contributed by atoms with Crippen molar-refractivity contribution in [3.8, 4) is 0 Å². The van der Waals surface area contributed by atoms with E-state index in [1.54, 1.807) is 0 Å². The Hall–Kier alpha value is -0.560. The molecule has 0 heterocycles. The van der Waals surface area contributed by atoms with Crippen LogP contribution in [0.15, 0.2) is 24.3 Å². The first-order valence-electron chi connectivity index (χ1n) is 5.67. The lowest BCUT2D eigenvalue weighted by Gasteiger charge is -2.19. The number of rotatable bonds is 8. The topological polar surface area (TPSA) is 12.0 Å². The fourth-order valence-electron chi connectivity index (χ4n) is 1.69. The molecule has 14 heavy (non-hydrogen) atoms. The Labute approximate surface area is 89.3 Å². The van der Waals surface area contributed by atoms with Gasteiger partial charge in [0.2, 0.25) is 0 Å². The summed E-state index contributed by atoms with van der Waals surface area (Å²) in [5, 5.41) is 3.32. The molecule has 0 unspecified atom stereocenters. The first-order valence-corrected chi connectivity index (χ1v) is 5.67. The molecular formula is C13H25N. The quantitative estimate of drug-likeness (QED) is 0.583. The van der Waals surface area contributed by atoms with Gasteiger partial charge in [-0.2, -0.15) is 0 Å². The molecular weight excluding hydrogens is 170 g/mol. The zero-order valence-corrected chi connectivity index (χ0v) is 10.0. The number of hydrogen-bond acceptors (Lipinski definition) is 1. The van der Waals surface area contributed by atoms with E-state index in [2.05, 4.69) is 32.3 Å². The van der Waals surface area contributed by atoms with Crippen LogP contribution in [0, 0.1) is 0 Å². The van der Waals surface area contributed by atoms with Gasteiger partial charge in [0, 0.05) is 6.04 Å². The molecule has 1 heteroatoms. The van der Waals surface area contributed by atoms with Gasteiger partial charge in [-0.25, -0.2) is 0 Å². The van der Waals surface area contributed by atoms with Gasteiger partial charge in [-0.05, 0) is 26.3 Å². The molecule has 0 spiro atoms. The standard InChI is InChI=1S/C13H25N/c1-6-8-11(3)10-13(14-5)12(4)9-7-2/h13-14H,3-4,6-10H2,1-2,5H3/t13-/m0/s1. The van der Waals surface area contributed by atoms with E-state index in [0.717, 1.165) is 19.3 Å². The van der Waals surface area contributed by atoms with E-state index < -0.39 is 0 Å². The fraction of sp³-hybridized carbons (Fsp3) is 0.692. The lowest BCUT2D eigenvalue weighted by molar-refractivity contribution is 0.593. The molecule has 0 aliphatic carbocycles. The van der Waals surface area contributed by atoms with Gasteiger partial charge in [-0.1, -0.05) is 51.0 Å². The maximum Gasteiger partial charge on any atom is 0.0311 e. The molecule has 0 bridgehead atoms. The molecule has 0 saturated carbocycles. The van der Waals surface area contributed by atoms with E-state index in [1.165, 1.54) is 24.0 Å². The minimum absolute atomic E-state index is 0.425. The average Bonchev–Trinajstić information content (AvgIpc) is 2.15. The van der Waals surface area contributed by atoms with Crippen LogP contribution >= 0.6 is 0 Å². The summed E-state index contributed by atoms with van der Waals surface area (Å²) >= 11 is 0. The van der Waals surface area contributed by atoms with Crippen molar-refractivity contribution in [2.75, 3.05) is 7.05 Å². The van der Waals surface area contributed by atoms with Gasteiger partial charge in [0.15, 0.2) is 0 Å². The smallest absolute Gasteiger partial charge is 0.0311 e. The third-order valence-electron chi connectivity index (χ3n) is 2.51. The summed E-state index contributed by atoms with van der Waals surface area (Å²) in [5.41, 5.74) is 2.65. The first kappa shape index (κ1) is 13.4. The van der Waals surface area contributed by atoms with Crippen LogP contribution in [0.5, 0.6) is 0 Å². The molecule has 0 rings (SSSR count). The normalized spacial score (nSPS) is 12.5. The Bertz CT molecular complexity index is 182. The molecule has 1 N–H and O–H groups in total. The van der Waals surface area contributed by atoms with Crippen molar-refractivity contribution in [3.63, 3.8) is 0 Å². The predicted octanol–water partition coefficient (Wildman–Crippen LogP) is 3.68. The lowest BCUT2D eigenvalue weighted by Crippen LogP contribution is -2.27. The molecule has 0 aliphatic heterocycles. The van der Waals surface area contributed by atoms with Crippen molar-refractivity contribution in [1.82, 2.24) is 5.32 Å². The van der Waals surface area contributed by atoms with Crippen molar-refractivity contribution in [3.05, 3.63) is 24.3 Å². The molecule has 0 aromatic carbocycles. The van der Waals surface area contributed by atoms with E-state index in [4.69, 9.17) is 0 Å². The molecule has 0 amide bonds. The van der Waals surface area contributed by atoms with Crippen LogP contribution in [-0.4, -0.2) is 13.1 Å². The Morgan fingerprint density at radius 1 is 1.14 bits per heavy atom. The summed E-state index contributed by atoms with van der Waals surface area (Å²) in [6, 6.07) is 0.425. The van der Waals surface area contributed by atoms with Crippen LogP contribution in [-0.2, 0) is 0 Å². The van der Waals surface area contributed by atoms with E-state index in [9.17, 15) is 0 Å². The van der Waals surface area contributed by atoms with Gasteiger partial charge in [0.1, 0.15) is 0 Å². The van der Waals surface area contributed by atoms with E-state index in [1.807, 2.05) is 7.05 Å². The zero-order valence-electron chi connectivity index (χ0n) is 10.0. The molecule has 1 atom stereocenters. The fourth-order valence-corrected chi connectivity index (χ4v) is 1.69. The largest absolute Gasteiger partial charge is 0.313 e. The Morgan fingerprint density at radius 2 is 1.71 bits per heavy atom. The Morgan fingerprint density at radius 3 is 2.14 bits per heavy atom. The van der Waals surface area contributed by atoms with E-state index in [0.29, 0.717) is 6.04 Å². The number of hydrogen-bond donors (Lipinski definition) is 1. The molecule has 1 nitrogen and oxygen atoms in total. The third kappa shape index (κ3) is 5.23. The number of nitrogens with one attached hydrogen (secondary N) is 1. The van der Waals surface area contributed by atoms with Gasteiger partial charge in [-0.15, -0.1) is 0 Å². The van der Waals surface area contributed by atoms with Crippen molar-refractivity contribution in [1.29, 1.82) is 0 Å². The monoisotopic (exact) mass is 195 g/mol. The summed E-state index contributed by atoms with van der Waals surface area (Å²) in [5.74, 6) is 0. The van der Waals surface area contributed by atoms with Crippen LogP contribution in [0.3, 0.4) is 0 Å². The predicted molar refractivity (Wildman–Crippen MR) is 65.6 cm³/mol. The van der Waals surface area contributed by atoms with Crippen LogP contribution in [0.4, 0.5) is 0 Å². The Balaban J connectivity index is 4.01. The Kier molecular flexibility index (Phi) is 7.50. The molecule has 0 saturated heterocycles. The minimum Gasteiger partial charge on any atom is -0.313 e. The van der Waals surface area contributed by atoms with E-state index >= 15 is 0 Å². The molecule has 0 aliphatic rings. The molecule has 0 fully saturated rings. The van der Waals surface area contributed by atoms with E-state index in [-0.39, 0.29) is 0 Å². The van der Waals surface area contributed by atoms with Crippen LogP contribution < -0.4 is 5.32 Å². The molecule has 82 valence electrons. The highest BCUT2D eigenvalue weighted by atomic mass is 14.9. The second-order valence-corrected chi connectivity index (χ2v) is 3.95. The van der Waals surface area contributed by atoms with Crippen molar-refractivity contribution in [2.45, 2.75) is 52.0 Å². The highest BCUT2D eigenvalue weighted by molar-refractivity contribution is 5.11. The van der Waals surface area contributed by atoms with Gasteiger partial charge < -0.3 is 5.32 Å². The summed E-state index contributed by atoms with van der Waals surface area (Å²) < 4.78 is 0. The van der Waals surface area contributed by atoms with Gasteiger partial charge in [-0.3, -0.25) is 0 Å². The summed E-state index contributed by atoms with van der Waals surface area (Å²) in [6.45, 7) is 12.6. The van der Waals surface area contributed by atoms with Gasteiger partial charge >= 0.3 is 0 Å². The molecule has 0 aromatic rings. The number of likely N-dealkylation sites (N-methyl/N-ethyl adjacent to an activating group) is 1. The molecule has 0 radical (unpaired) electrons. The highest BCUT2D eigenvalue weighted by Crippen LogP contribution is 2.17. The third-order valence-corrected chi connectivity index (χ3v) is 2.51. The van der Waals surface area contributed by atoms with Gasteiger partial charge in [0.05, 0.1) is 0 Å². The summed E-state index contributed by atoms with van der Waals surface area (Å²) in [7, 11) is 2.00. The lowest BCUT2D eigenvalue weighted by atomic mass is 9.96. The summed E-state index contributed by atoms with van der Waals surface area (Å²) in [4.78, 5) is 0. The SMILES string of the molecule is C=C(CCC)C[C@H](NC)C(=C)CCC. The maximum absolute atomic E-state index is 4.13. The second-order valence-electron chi connectivity index (χ2n) is 3.95. The van der Waals surface area contributed by atoms with Crippen molar-refractivity contribution in [2.24, 2.45) is 0 Å². The zero-order chi connectivity index (χ0) is 11.0. The molecule has 0 aromatic heterocycles. The van der Waals surface area contributed by atoms with Gasteiger partial charge in [0.25, 0.3) is 0 Å².